The Bertz CT molecular complexity index is 847. The van der Waals surface area contributed by atoms with Gasteiger partial charge in [-0.2, -0.15) is 0 Å². The van der Waals surface area contributed by atoms with Gasteiger partial charge in [-0.15, -0.1) is 0 Å². The van der Waals surface area contributed by atoms with E-state index in [0.717, 1.165) is 11.8 Å². The summed E-state index contributed by atoms with van der Waals surface area (Å²) < 4.78 is 4.73. The molecule has 3 aromatic rings. The molecule has 0 spiro atoms. The molecule has 0 amide bonds. The molecule has 6 rings (SSSR count). The molecular formula is C26H34N2. The third-order valence-corrected chi connectivity index (χ3v) is 7.27. The molecule has 148 valence electrons. The highest BCUT2D eigenvalue weighted by atomic mass is 15.0. The number of aryl methyl sites for hydroxylation is 2. The Morgan fingerprint density at radius 1 is 0.714 bits per heavy atom. The molecule has 0 bridgehead atoms. The van der Waals surface area contributed by atoms with Gasteiger partial charge in [0.15, 0.2) is 0 Å². The van der Waals surface area contributed by atoms with Gasteiger partial charge in [-0.05, 0) is 92.2 Å². The van der Waals surface area contributed by atoms with Gasteiger partial charge in [0.2, 0.25) is 0 Å². The lowest BCUT2D eigenvalue weighted by Gasteiger charge is -2.13. The van der Waals surface area contributed by atoms with E-state index in [1.54, 1.807) is 11.3 Å². The van der Waals surface area contributed by atoms with Crippen molar-refractivity contribution in [2.75, 3.05) is 0 Å². The van der Waals surface area contributed by atoms with Crippen molar-refractivity contribution in [2.24, 2.45) is 0 Å². The van der Waals surface area contributed by atoms with Crippen LogP contribution < -0.4 is 0 Å². The Kier molecular flexibility index (Phi) is 5.29. The van der Waals surface area contributed by atoms with Crippen molar-refractivity contribution >= 4 is 5.52 Å². The van der Waals surface area contributed by atoms with Gasteiger partial charge in [0, 0.05) is 36.3 Å². The third kappa shape index (κ3) is 3.79. The first-order valence-corrected chi connectivity index (χ1v) is 11.6. The van der Waals surface area contributed by atoms with Gasteiger partial charge in [0.05, 0.1) is 0 Å². The normalized spacial score (nSPS) is 20.3. The zero-order chi connectivity index (χ0) is 18.8. The second-order valence-electron chi connectivity index (χ2n) is 9.18. The number of rotatable bonds is 2. The number of aromatic nitrogens is 2. The van der Waals surface area contributed by atoms with Crippen LogP contribution in [0.2, 0.25) is 0 Å². The van der Waals surface area contributed by atoms with Crippen LogP contribution in [0.15, 0.2) is 48.9 Å². The van der Waals surface area contributed by atoms with Crippen LogP contribution in [0, 0.1) is 0 Å². The van der Waals surface area contributed by atoms with Gasteiger partial charge < -0.3 is 8.97 Å². The molecule has 2 nitrogen and oxygen atoms in total. The summed E-state index contributed by atoms with van der Waals surface area (Å²) in [7, 11) is 0. The summed E-state index contributed by atoms with van der Waals surface area (Å²) in [6, 6.07) is 11.2. The molecule has 2 saturated carbocycles. The maximum atomic E-state index is 2.50. The molecule has 0 atom stereocenters. The molecular weight excluding hydrogens is 340 g/mol. The summed E-state index contributed by atoms with van der Waals surface area (Å²) in [6.07, 6.45) is 22.3. The fourth-order valence-electron chi connectivity index (χ4n) is 5.63. The third-order valence-electron chi connectivity index (χ3n) is 7.27. The highest BCUT2D eigenvalue weighted by Gasteiger charge is 2.20. The van der Waals surface area contributed by atoms with Crippen LogP contribution >= 0.6 is 0 Å². The summed E-state index contributed by atoms with van der Waals surface area (Å²) >= 11 is 0. The van der Waals surface area contributed by atoms with Crippen LogP contribution in [-0.2, 0) is 13.0 Å². The van der Waals surface area contributed by atoms with Crippen LogP contribution in [0.3, 0.4) is 0 Å². The molecule has 0 saturated heterocycles. The van der Waals surface area contributed by atoms with Crippen LogP contribution in [0.4, 0.5) is 0 Å². The smallest absolute Gasteiger partial charge is 0.0452 e. The van der Waals surface area contributed by atoms with Crippen LogP contribution in [0.1, 0.15) is 92.9 Å². The fourth-order valence-corrected chi connectivity index (χ4v) is 5.63. The Hall–Kier alpha value is -1.96. The van der Waals surface area contributed by atoms with E-state index >= 15 is 0 Å². The van der Waals surface area contributed by atoms with Crippen molar-refractivity contribution < 1.29 is 0 Å². The molecule has 0 aromatic carbocycles. The Morgan fingerprint density at radius 2 is 1.43 bits per heavy atom. The maximum absolute atomic E-state index is 2.50. The van der Waals surface area contributed by atoms with Gasteiger partial charge in [-0.25, -0.2) is 0 Å². The van der Waals surface area contributed by atoms with E-state index in [1.165, 1.54) is 88.3 Å². The molecule has 4 heterocycles. The van der Waals surface area contributed by atoms with E-state index in [4.69, 9.17) is 0 Å². The van der Waals surface area contributed by atoms with E-state index in [9.17, 15) is 0 Å². The molecule has 3 aliphatic rings. The summed E-state index contributed by atoms with van der Waals surface area (Å²) in [5.74, 6) is 1.72. The molecule has 3 aromatic heterocycles. The zero-order valence-corrected chi connectivity index (χ0v) is 17.2. The number of hydrogen-bond acceptors (Lipinski definition) is 0. The predicted octanol–water partition coefficient (Wildman–Crippen LogP) is 7.08. The van der Waals surface area contributed by atoms with Gasteiger partial charge in [-0.3, -0.25) is 0 Å². The molecule has 0 unspecified atom stereocenters. The lowest BCUT2D eigenvalue weighted by Crippen LogP contribution is -2.07. The van der Waals surface area contributed by atoms with Gasteiger partial charge in [0.25, 0.3) is 0 Å². The maximum Gasteiger partial charge on any atom is 0.0452 e. The Labute approximate surface area is 169 Å². The van der Waals surface area contributed by atoms with Crippen molar-refractivity contribution in [1.82, 2.24) is 8.97 Å². The van der Waals surface area contributed by atoms with E-state index < -0.39 is 0 Å². The molecule has 2 aliphatic carbocycles. The summed E-state index contributed by atoms with van der Waals surface area (Å²) in [4.78, 5) is 0. The van der Waals surface area contributed by atoms with Crippen molar-refractivity contribution in [3.05, 3.63) is 65.7 Å². The van der Waals surface area contributed by atoms with Crippen molar-refractivity contribution in [2.45, 2.75) is 89.0 Å². The average molecular weight is 375 g/mol. The second kappa shape index (κ2) is 8.19. The first-order chi connectivity index (χ1) is 13.9. The largest absolute Gasteiger partial charge is 0.351 e. The average Bonchev–Trinajstić information content (AvgIpc) is 3.54. The molecule has 1 aliphatic heterocycles. The SMILES string of the molecule is c1c(C2CCCC2)cn2c1CCCC2.c1ccn2cc(C3CCCC3)cc2c1. The molecule has 28 heavy (non-hydrogen) atoms. The predicted molar refractivity (Wildman–Crippen MR) is 117 cm³/mol. The number of hydrogen-bond donors (Lipinski definition) is 0. The van der Waals surface area contributed by atoms with E-state index in [2.05, 4.69) is 57.9 Å². The van der Waals surface area contributed by atoms with E-state index in [0.29, 0.717) is 0 Å². The van der Waals surface area contributed by atoms with E-state index in [-0.39, 0.29) is 0 Å². The summed E-state index contributed by atoms with van der Waals surface area (Å²) in [5.41, 5.74) is 6.10. The minimum Gasteiger partial charge on any atom is -0.351 e. The van der Waals surface area contributed by atoms with Crippen LogP contribution in [0.5, 0.6) is 0 Å². The Balaban J connectivity index is 0.000000122. The number of pyridine rings is 1. The lowest BCUT2D eigenvalue weighted by molar-refractivity contribution is 0.532. The monoisotopic (exact) mass is 374 g/mol. The summed E-state index contributed by atoms with van der Waals surface area (Å²) in [5, 5.41) is 0. The zero-order valence-electron chi connectivity index (χ0n) is 17.2. The molecule has 0 N–H and O–H groups in total. The quantitative estimate of drug-likeness (QED) is 0.453. The molecule has 0 radical (unpaired) electrons. The lowest BCUT2D eigenvalue weighted by atomic mass is 10.0. The first-order valence-electron chi connectivity index (χ1n) is 11.6. The standard InChI is InChI=1S/C13H19N.C13H15N/c2*1-2-6-11(5-1)12-9-13-7-3-4-8-14(13)10-12/h9-11H,1-8H2;3-4,7-11H,1-2,5-6H2. The highest BCUT2D eigenvalue weighted by Crippen LogP contribution is 2.36. The van der Waals surface area contributed by atoms with Crippen molar-refractivity contribution in [3.8, 4) is 0 Å². The van der Waals surface area contributed by atoms with Crippen LogP contribution in [0.25, 0.3) is 5.52 Å². The van der Waals surface area contributed by atoms with Gasteiger partial charge in [0.1, 0.15) is 0 Å². The first kappa shape index (κ1) is 18.1. The fraction of sp³-hybridized carbons (Fsp3) is 0.538. The summed E-state index contributed by atoms with van der Waals surface area (Å²) in [6.45, 7) is 1.27. The number of nitrogens with zero attached hydrogens (tertiary/aromatic N) is 2. The molecule has 2 fully saturated rings. The highest BCUT2D eigenvalue weighted by molar-refractivity contribution is 5.51. The van der Waals surface area contributed by atoms with Crippen LogP contribution in [-0.4, -0.2) is 8.97 Å². The minimum atomic E-state index is 0.829. The topological polar surface area (TPSA) is 9.34 Å². The van der Waals surface area contributed by atoms with Gasteiger partial charge in [-0.1, -0.05) is 31.7 Å². The van der Waals surface area contributed by atoms with Crippen molar-refractivity contribution in [1.29, 1.82) is 0 Å². The molecule has 2 heteroatoms. The second-order valence-corrected chi connectivity index (χ2v) is 9.18. The minimum absolute atomic E-state index is 0.829. The Morgan fingerprint density at radius 3 is 2.11 bits per heavy atom. The number of fused-ring (bicyclic) bond motifs is 2. The van der Waals surface area contributed by atoms with Gasteiger partial charge >= 0.3 is 0 Å². The van der Waals surface area contributed by atoms with Crippen molar-refractivity contribution in [3.63, 3.8) is 0 Å². The van der Waals surface area contributed by atoms with E-state index in [1.807, 2.05) is 0 Å².